The first-order chi connectivity index (χ1) is 14.5. The van der Waals surface area contributed by atoms with Crippen LogP contribution in [0.15, 0.2) is 60.8 Å². The maximum atomic E-state index is 11.6. The molecule has 1 atom stereocenters. The summed E-state index contributed by atoms with van der Waals surface area (Å²) in [4.78, 5) is 43.0. The van der Waals surface area contributed by atoms with Crippen LogP contribution >= 0.6 is 0 Å². The van der Waals surface area contributed by atoms with Crippen LogP contribution in [0.3, 0.4) is 0 Å². The standard InChI is InChI=1S/C20H17N3O7/c24-12-22(17(20(25)26)11-14-5-2-1-3-6-14)30-13-29-18-9-8-16(23(27)28)15-7-4-10-21-19(15)18/h1-10,12,17H,11,13H2,(H,25,26). The van der Waals surface area contributed by atoms with Crippen LogP contribution in [0.25, 0.3) is 10.9 Å². The normalized spacial score (nSPS) is 11.6. The summed E-state index contributed by atoms with van der Waals surface area (Å²) in [6.07, 6.45) is 1.76. The van der Waals surface area contributed by atoms with Crippen molar-refractivity contribution >= 4 is 29.0 Å². The summed E-state index contributed by atoms with van der Waals surface area (Å²) in [6.45, 7) is -0.499. The second-order valence-corrected chi connectivity index (χ2v) is 6.14. The number of hydrogen-bond donors (Lipinski definition) is 1. The Hall–Kier alpha value is -4.05. The third-order valence-electron chi connectivity index (χ3n) is 4.29. The molecule has 10 nitrogen and oxygen atoms in total. The highest BCUT2D eigenvalue weighted by Crippen LogP contribution is 2.31. The number of ether oxygens (including phenoxy) is 1. The zero-order valence-electron chi connectivity index (χ0n) is 15.6. The Bertz CT molecular complexity index is 1060. The molecule has 30 heavy (non-hydrogen) atoms. The molecule has 1 amide bonds. The highest BCUT2D eigenvalue weighted by Gasteiger charge is 2.26. The zero-order chi connectivity index (χ0) is 21.5. The summed E-state index contributed by atoms with van der Waals surface area (Å²) in [7, 11) is 0. The average Bonchev–Trinajstić information content (AvgIpc) is 2.75. The molecule has 0 saturated carbocycles. The summed E-state index contributed by atoms with van der Waals surface area (Å²) >= 11 is 0. The number of pyridine rings is 1. The molecule has 0 fully saturated rings. The first-order valence-electron chi connectivity index (χ1n) is 8.79. The Morgan fingerprint density at radius 2 is 1.97 bits per heavy atom. The van der Waals surface area contributed by atoms with Gasteiger partial charge in [0.15, 0.2) is 6.04 Å². The van der Waals surface area contributed by atoms with Crippen LogP contribution in [0.1, 0.15) is 5.56 Å². The van der Waals surface area contributed by atoms with Crippen LogP contribution in [0, 0.1) is 10.1 Å². The number of nitro groups is 1. The number of benzene rings is 2. The molecule has 0 radical (unpaired) electrons. The molecule has 3 rings (SSSR count). The molecule has 1 aromatic heterocycles. The van der Waals surface area contributed by atoms with Gasteiger partial charge in [-0.2, -0.15) is 0 Å². The summed E-state index contributed by atoms with van der Waals surface area (Å²) < 4.78 is 5.47. The average molecular weight is 411 g/mol. The first-order valence-corrected chi connectivity index (χ1v) is 8.79. The molecule has 2 aromatic carbocycles. The van der Waals surface area contributed by atoms with Gasteiger partial charge in [-0.15, -0.1) is 0 Å². The maximum absolute atomic E-state index is 11.6. The van der Waals surface area contributed by atoms with E-state index in [0.717, 1.165) is 0 Å². The number of nitro benzene ring substituents is 1. The van der Waals surface area contributed by atoms with Gasteiger partial charge in [0.25, 0.3) is 5.69 Å². The molecule has 0 aliphatic rings. The second kappa shape index (κ2) is 9.43. The minimum atomic E-state index is -1.26. The van der Waals surface area contributed by atoms with Crippen molar-refractivity contribution in [2.45, 2.75) is 12.5 Å². The van der Waals surface area contributed by atoms with Crippen molar-refractivity contribution in [3.8, 4) is 5.75 Å². The highest BCUT2D eigenvalue weighted by molar-refractivity contribution is 5.92. The number of carboxylic acid groups (broad SMARTS) is 1. The number of amides is 1. The Morgan fingerprint density at radius 3 is 2.63 bits per heavy atom. The maximum Gasteiger partial charge on any atom is 0.329 e. The number of rotatable bonds is 10. The number of nitrogens with zero attached hydrogens (tertiary/aromatic N) is 3. The van der Waals surface area contributed by atoms with Gasteiger partial charge in [-0.05, 0) is 23.8 Å². The molecule has 0 bridgehead atoms. The molecule has 0 spiro atoms. The number of fused-ring (bicyclic) bond motifs is 1. The molecular formula is C20H17N3O7. The van der Waals surface area contributed by atoms with E-state index in [0.29, 0.717) is 10.6 Å². The Labute approximate surface area is 170 Å². The molecule has 1 heterocycles. The van der Waals surface area contributed by atoms with E-state index in [9.17, 15) is 24.8 Å². The van der Waals surface area contributed by atoms with Crippen molar-refractivity contribution in [1.82, 2.24) is 10.0 Å². The third-order valence-corrected chi connectivity index (χ3v) is 4.29. The number of carbonyl (C=O) groups is 2. The van der Waals surface area contributed by atoms with Crippen molar-refractivity contribution in [2.24, 2.45) is 0 Å². The molecule has 1 unspecified atom stereocenters. The molecule has 3 aromatic rings. The van der Waals surface area contributed by atoms with Crippen molar-refractivity contribution in [3.05, 3.63) is 76.5 Å². The Balaban J connectivity index is 1.72. The molecule has 0 aliphatic carbocycles. The monoisotopic (exact) mass is 411 g/mol. The lowest BCUT2D eigenvalue weighted by Gasteiger charge is -2.24. The van der Waals surface area contributed by atoms with E-state index in [4.69, 9.17) is 9.57 Å². The molecule has 1 N–H and O–H groups in total. The van der Waals surface area contributed by atoms with E-state index in [-0.39, 0.29) is 35.2 Å². The van der Waals surface area contributed by atoms with Crippen molar-refractivity contribution in [2.75, 3.05) is 6.79 Å². The Kier molecular flexibility index (Phi) is 6.50. The van der Waals surface area contributed by atoms with Gasteiger partial charge in [-0.1, -0.05) is 30.3 Å². The van der Waals surface area contributed by atoms with E-state index in [1.54, 1.807) is 36.4 Å². The molecule has 154 valence electrons. The first kappa shape index (κ1) is 20.7. The summed E-state index contributed by atoms with van der Waals surface area (Å²) in [5.41, 5.74) is 0.827. The Morgan fingerprint density at radius 1 is 1.20 bits per heavy atom. The number of aromatic nitrogens is 1. The quantitative estimate of drug-likeness (QED) is 0.233. The topological polar surface area (TPSA) is 132 Å². The predicted molar refractivity (Wildman–Crippen MR) is 104 cm³/mol. The van der Waals surface area contributed by atoms with Gasteiger partial charge < -0.3 is 9.84 Å². The van der Waals surface area contributed by atoms with Crippen LogP contribution in [-0.2, 0) is 20.8 Å². The predicted octanol–water partition coefficient (Wildman–Crippen LogP) is 2.57. The lowest BCUT2D eigenvalue weighted by Crippen LogP contribution is -2.42. The molecule has 0 aliphatic heterocycles. The largest absolute Gasteiger partial charge is 0.480 e. The minimum absolute atomic E-state index is 0.0386. The van der Waals surface area contributed by atoms with E-state index in [1.807, 2.05) is 0 Å². The second-order valence-electron chi connectivity index (χ2n) is 6.14. The lowest BCUT2D eigenvalue weighted by molar-refractivity contribution is -0.383. The van der Waals surface area contributed by atoms with Gasteiger partial charge in [-0.25, -0.2) is 14.7 Å². The van der Waals surface area contributed by atoms with E-state index in [1.165, 1.54) is 24.4 Å². The zero-order valence-corrected chi connectivity index (χ0v) is 15.6. The molecule has 0 saturated heterocycles. The van der Waals surface area contributed by atoms with E-state index < -0.39 is 23.7 Å². The van der Waals surface area contributed by atoms with Gasteiger partial charge in [0, 0.05) is 18.7 Å². The fourth-order valence-electron chi connectivity index (χ4n) is 2.88. The van der Waals surface area contributed by atoms with Crippen LogP contribution in [0.2, 0.25) is 0 Å². The van der Waals surface area contributed by atoms with Gasteiger partial charge in [-0.3, -0.25) is 19.9 Å². The number of carboxylic acids is 1. The van der Waals surface area contributed by atoms with Crippen molar-refractivity contribution in [1.29, 1.82) is 0 Å². The number of carbonyl (C=O) groups excluding carboxylic acids is 1. The van der Waals surface area contributed by atoms with E-state index in [2.05, 4.69) is 4.98 Å². The van der Waals surface area contributed by atoms with Crippen molar-refractivity contribution in [3.63, 3.8) is 0 Å². The minimum Gasteiger partial charge on any atom is -0.480 e. The number of aliphatic carboxylic acids is 1. The molecule has 10 heteroatoms. The fraction of sp³-hybridized carbons (Fsp3) is 0.150. The van der Waals surface area contributed by atoms with Crippen LogP contribution < -0.4 is 4.74 Å². The summed E-state index contributed by atoms with van der Waals surface area (Å²) in [6, 6.07) is 13.3. The van der Waals surface area contributed by atoms with Gasteiger partial charge in [0.1, 0.15) is 11.3 Å². The summed E-state index contributed by atoms with van der Waals surface area (Å²) in [5, 5.41) is 21.6. The fourth-order valence-corrected chi connectivity index (χ4v) is 2.88. The number of hydroxylamine groups is 2. The third kappa shape index (κ3) is 4.67. The van der Waals surface area contributed by atoms with Crippen molar-refractivity contribution < 1.29 is 29.2 Å². The summed E-state index contributed by atoms with van der Waals surface area (Å²) in [5.74, 6) is -1.05. The van der Waals surface area contributed by atoms with Crippen LogP contribution in [-0.4, -0.2) is 45.3 Å². The molecular weight excluding hydrogens is 394 g/mol. The van der Waals surface area contributed by atoms with Gasteiger partial charge >= 0.3 is 5.97 Å². The van der Waals surface area contributed by atoms with Gasteiger partial charge in [0.05, 0.1) is 10.3 Å². The van der Waals surface area contributed by atoms with E-state index >= 15 is 0 Å². The highest BCUT2D eigenvalue weighted by atomic mass is 16.8. The number of hydrogen-bond acceptors (Lipinski definition) is 7. The number of non-ortho nitro benzene ring substituents is 1. The van der Waals surface area contributed by atoms with Gasteiger partial charge in [0.2, 0.25) is 13.2 Å². The SMILES string of the molecule is O=CN(OCOc1ccc([N+](=O)[O-])c2cccnc12)C(Cc1ccccc1)C(=O)O. The smallest absolute Gasteiger partial charge is 0.329 e. The van der Waals surface area contributed by atoms with Crippen LogP contribution in [0.4, 0.5) is 5.69 Å². The lowest BCUT2D eigenvalue weighted by atomic mass is 10.1. The van der Waals surface area contributed by atoms with Crippen LogP contribution in [0.5, 0.6) is 5.75 Å².